The third-order valence-electron chi connectivity index (χ3n) is 6.05. The molecule has 0 aliphatic carbocycles. The molecule has 1 spiro atoms. The van der Waals surface area contributed by atoms with Crippen LogP contribution in [0.5, 0.6) is 0 Å². The van der Waals surface area contributed by atoms with Crippen molar-refractivity contribution in [2.45, 2.75) is 58.2 Å². The fourth-order valence-electron chi connectivity index (χ4n) is 4.30. The Morgan fingerprint density at radius 2 is 1.77 bits per heavy atom. The maximum absolute atomic E-state index is 6.19. The largest absolute Gasteiger partial charge is 0.377 e. The van der Waals surface area contributed by atoms with Crippen molar-refractivity contribution in [3.8, 4) is 0 Å². The predicted octanol–water partition coefficient (Wildman–Crippen LogP) is 1.90. The van der Waals surface area contributed by atoms with Crippen molar-refractivity contribution in [1.29, 1.82) is 0 Å². The van der Waals surface area contributed by atoms with Crippen LogP contribution in [0.15, 0.2) is 0 Å². The fraction of sp³-hybridized carbons (Fsp3) is 1.00. The second-order valence-corrected chi connectivity index (χ2v) is 9.09. The summed E-state index contributed by atoms with van der Waals surface area (Å²) in [6, 6.07) is 0.660. The molecule has 128 valence electrons. The Hall–Kier alpha value is -0.160. The van der Waals surface area contributed by atoms with Gasteiger partial charge in [0.05, 0.1) is 12.7 Å². The van der Waals surface area contributed by atoms with Crippen molar-refractivity contribution >= 4 is 0 Å². The second-order valence-electron chi connectivity index (χ2n) is 9.09. The molecule has 0 amide bonds. The zero-order valence-corrected chi connectivity index (χ0v) is 15.3. The number of hydrogen-bond donors (Lipinski definition) is 0. The SMILES string of the molecule is CC(CC1CC2(CO1)CN(C(C)(C)C)C2)N1CCN(C)CC1. The first-order chi connectivity index (χ1) is 10.3. The second kappa shape index (κ2) is 6.04. The van der Waals surface area contributed by atoms with E-state index >= 15 is 0 Å². The molecule has 3 aliphatic rings. The van der Waals surface area contributed by atoms with Crippen LogP contribution in [0.25, 0.3) is 0 Å². The zero-order chi connectivity index (χ0) is 16.0. The van der Waals surface area contributed by atoms with E-state index in [-0.39, 0.29) is 0 Å². The Morgan fingerprint density at radius 1 is 1.14 bits per heavy atom. The summed E-state index contributed by atoms with van der Waals surface area (Å²) >= 11 is 0. The van der Waals surface area contributed by atoms with Gasteiger partial charge in [-0.25, -0.2) is 0 Å². The van der Waals surface area contributed by atoms with E-state index in [1.807, 2.05) is 0 Å². The first-order valence-corrected chi connectivity index (χ1v) is 9.07. The van der Waals surface area contributed by atoms with Crippen molar-refractivity contribution in [1.82, 2.24) is 14.7 Å². The number of likely N-dealkylation sites (tertiary alicyclic amines) is 1. The van der Waals surface area contributed by atoms with E-state index in [2.05, 4.69) is 49.4 Å². The monoisotopic (exact) mass is 309 g/mol. The molecule has 4 heteroatoms. The summed E-state index contributed by atoms with van der Waals surface area (Å²) < 4.78 is 6.19. The average molecular weight is 309 g/mol. The highest BCUT2D eigenvalue weighted by Gasteiger charge is 2.51. The summed E-state index contributed by atoms with van der Waals surface area (Å²) in [6.45, 7) is 17.7. The molecule has 0 aromatic heterocycles. The van der Waals surface area contributed by atoms with Crippen molar-refractivity contribution in [2.24, 2.45) is 5.41 Å². The average Bonchev–Trinajstić information content (AvgIpc) is 2.81. The molecule has 0 bridgehead atoms. The maximum Gasteiger partial charge on any atom is 0.0597 e. The molecule has 3 saturated heterocycles. The van der Waals surface area contributed by atoms with Gasteiger partial charge in [0.2, 0.25) is 0 Å². The molecule has 4 nitrogen and oxygen atoms in total. The Morgan fingerprint density at radius 3 is 2.36 bits per heavy atom. The summed E-state index contributed by atoms with van der Waals surface area (Å²) in [5.41, 5.74) is 0.788. The van der Waals surface area contributed by atoms with Crippen molar-refractivity contribution < 1.29 is 4.74 Å². The first-order valence-electron chi connectivity index (χ1n) is 9.07. The van der Waals surface area contributed by atoms with E-state index in [1.54, 1.807) is 0 Å². The highest BCUT2D eigenvalue weighted by atomic mass is 16.5. The number of nitrogens with zero attached hydrogens (tertiary/aromatic N) is 3. The molecule has 0 N–H and O–H groups in total. The van der Waals surface area contributed by atoms with E-state index in [9.17, 15) is 0 Å². The molecule has 22 heavy (non-hydrogen) atoms. The number of ether oxygens (including phenoxy) is 1. The molecular formula is C18H35N3O. The number of rotatable bonds is 3. The maximum atomic E-state index is 6.19. The van der Waals surface area contributed by atoms with Gasteiger partial charge < -0.3 is 9.64 Å². The minimum absolute atomic E-state index is 0.316. The lowest BCUT2D eigenvalue weighted by Crippen LogP contribution is -2.63. The third kappa shape index (κ3) is 3.50. The van der Waals surface area contributed by atoms with Gasteiger partial charge in [-0.15, -0.1) is 0 Å². The van der Waals surface area contributed by atoms with Crippen molar-refractivity contribution in [3.05, 3.63) is 0 Å². The van der Waals surface area contributed by atoms with E-state index in [0.717, 1.165) is 6.61 Å². The molecule has 3 rings (SSSR count). The molecule has 0 aromatic carbocycles. The molecular weight excluding hydrogens is 274 g/mol. The molecule has 0 aromatic rings. The molecule has 0 saturated carbocycles. The van der Waals surface area contributed by atoms with Crippen LogP contribution in [0.3, 0.4) is 0 Å². The van der Waals surface area contributed by atoms with Gasteiger partial charge >= 0.3 is 0 Å². The van der Waals surface area contributed by atoms with Crippen LogP contribution < -0.4 is 0 Å². The Balaban J connectivity index is 1.44. The van der Waals surface area contributed by atoms with E-state index < -0.39 is 0 Å². The quantitative estimate of drug-likeness (QED) is 0.792. The van der Waals surface area contributed by atoms with Gasteiger partial charge in [0, 0.05) is 56.3 Å². The van der Waals surface area contributed by atoms with Crippen LogP contribution >= 0.6 is 0 Å². The lowest BCUT2D eigenvalue weighted by molar-refractivity contribution is -0.0614. The number of likely N-dealkylation sites (N-methyl/N-ethyl adjacent to an activating group) is 1. The molecule has 3 heterocycles. The summed E-state index contributed by atoms with van der Waals surface area (Å²) in [5.74, 6) is 0. The van der Waals surface area contributed by atoms with Gasteiger partial charge in [-0.05, 0) is 47.6 Å². The van der Waals surface area contributed by atoms with Crippen LogP contribution in [0.2, 0.25) is 0 Å². The van der Waals surface area contributed by atoms with Gasteiger partial charge in [-0.1, -0.05) is 0 Å². The van der Waals surface area contributed by atoms with E-state index in [0.29, 0.717) is 23.1 Å². The van der Waals surface area contributed by atoms with Gasteiger partial charge in [0.15, 0.2) is 0 Å². The van der Waals surface area contributed by atoms with Crippen LogP contribution in [0, 0.1) is 5.41 Å². The molecule has 2 unspecified atom stereocenters. The molecule has 3 aliphatic heterocycles. The van der Waals surface area contributed by atoms with Gasteiger partial charge in [0.1, 0.15) is 0 Å². The topological polar surface area (TPSA) is 19.0 Å². The van der Waals surface area contributed by atoms with Gasteiger partial charge in [-0.2, -0.15) is 0 Å². The standard InChI is InChI=1S/C18H35N3O/c1-15(20-8-6-19(5)7-9-20)10-16-11-18(14-22-16)12-21(13-18)17(2,3)4/h15-16H,6-14H2,1-5H3. The molecule has 3 fully saturated rings. The zero-order valence-electron chi connectivity index (χ0n) is 15.3. The number of hydrogen-bond acceptors (Lipinski definition) is 4. The Labute approximate surface area is 136 Å². The van der Waals surface area contributed by atoms with Crippen molar-refractivity contribution in [3.63, 3.8) is 0 Å². The minimum atomic E-state index is 0.316. The van der Waals surface area contributed by atoms with Crippen LogP contribution in [-0.4, -0.2) is 85.3 Å². The Bertz CT molecular complexity index is 378. The van der Waals surface area contributed by atoms with E-state index in [4.69, 9.17) is 4.74 Å². The van der Waals surface area contributed by atoms with Crippen molar-refractivity contribution in [2.75, 3.05) is 52.9 Å². The van der Waals surface area contributed by atoms with Crippen LogP contribution in [-0.2, 0) is 4.74 Å². The van der Waals surface area contributed by atoms with Crippen LogP contribution in [0.4, 0.5) is 0 Å². The fourth-order valence-corrected chi connectivity index (χ4v) is 4.30. The predicted molar refractivity (Wildman–Crippen MR) is 91.3 cm³/mol. The number of piperazine rings is 1. The van der Waals surface area contributed by atoms with Gasteiger partial charge in [0.25, 0.3) is 0 Å². The van der Waals surface area contributed by atoms with Gasteiger partial charge in [-0.3, -0.25) is 9.80 Å². The first kappa shape index (κ1) is 16.7. The molecule has 2 atom stereocenters. The summed E-state index contributed by atoms with van der Waals surface area (Å²) in [7, 11) is 2.23. The highest BCUT2D eigenvalue weighted by Crippen LogP contribution is 2.44. The van der Waals surface area contributed by atoms with E-state index in [1.165, 1.54) is 52.1 Å². The lowest BCUT2D eigenvalue weighted by atomic mass is 9.75. The summed E-state index contributed by atoms with van der Waals surface area (Å²) in [6.07, 6.45) is 2.97. The molecule has 0 radical (unpaired) electrons. The smallest absolute Gasteiger partial charge is 0.0597 e. The lowest BCUT2D eigenvalue weighted by Gasteiger charge is -2.53. The summed E-state index contributed by atoms with van der Waals surface area (Å²) in [5, 5.41) is 0. The normalized spacial score (nSPS) is 32.3. The summed E-state index contributed by atoms with van der Waals surface area (Å²) in [4.78, 5) is 7.68. The minimum Gasteiger partial charge on any atom is -0.377 e. The highest BCUT2D eigenvalue weighted by molar-refractivity contribution is 5.03. The third-order valence-corrected chi connectivity index (χ3v) is 6.05. The van der Waals surface area contributed by atoms with Crippen LogP contribution in [0.1, 0.15) is 40.5 Å². The Kier molecular flexibility index (Phi) is 4.59.